The fourth-order valence-corrected chi connectivity index (χ4v) is 3.71. The number of carbonyl (C=O) groups is 3. The van der Waals surface area contributed by atoms with Crippen LogP contribution in [0, 0.1) is 13.8 Å². The number of ketones is 1. The number of hydrogen-bond donors (Lipinski definition) is 1. The zero-order valence-electron chi connectivity index (χ0n) is 17.6. The Bertz CT molecular complexity index is 933. The van der Waals surface area contributed by atoms with Crippen LogP contribution in [0.4, 0.5) is 0 Å². The molecule has 0 aliphatic carbocycles. The average Bonchev–Trinajstić information content (AvgIpc) is 2.95. The van der Waals surface area contributed by atoms with Gasteiger partial charge >= 0.3 is 5.97 Å². The number of Topliss-reactive ketones (excluding diaryl/α,β-unsaturated/α-hetero) is 1. The van der Waals surface area contributed by atoms with Gasteiger partial charge in [0.25, 0.3) is 5.91 Å². The van der Waals surface area contributed by atoms with Crippen LogP contribution in [0.3, 0.4) is 0 Å². The number of aromatic nitrogens is 1. The lowest BCUT2D eigenvalue weighted by Crippen LogP contribution is -2.47. The van der Waals surface area contributed by atoms with Gasteiger partial charge in [0, 0.05) is 17.3 Å². The first-order valence-corrected chi connectivity index (χ1v) is 9.97. The Kier molecular flexibility index (Phi) is 7.25. The van der Waals surface area contributed by atoms with Gasteiger partial charge in [0.15, 0.2) is 5.78 Å². The number of benzene rings is 1. The highest BCUT2D eigenvalue weighted by Crippen LogP contribution is 2.25. The van der Waals surface area contributed by atoms with E-state index in [0.717, 1.165) is 0 Å². The number of amides is 1. The molecule has 1 N–H and O–H groups in total. The molecule has 6 nitrogen and oxygen atoms in total. The highest BCUT2D eigenvalue weighted by Gasteiger charge is 2.33. The smallest absolute Gasteiger partial charge is 0.355 e. The number of halogens is 1. The van der Waals surface area contributed by atoms with Crippen LogP contribution in [-0.2, 0) is 4.74 Å². The number of esters is 1. The van der Waals surface area contributed by atoms with E-state index in [0.29, 0.717) is 27.4 Å². The Balaban J connectivity index is 2.42. The van der Waals surface area contributed by atoms with Crippen molar-refractivity contribution >= 4 is 29.3 Å². The molecular formula is C22H27ClN2O4. The van der Waals surface area contributed by atoms with E-state index in [4.69, 9.17) is 16.3 Å². The number of nitrogens with one attached hydrogen (secondary N) is 1. The number of aryl methyl sites for hydroxylation is 1. The third-order valence-electron chi connectivity index (χ3n) is 4.86. The Hall–Kier alpha value is -2.60. The quantitative estimate of drug-likeness (QED) is 0.527. The zero-order valence-corrected chi connectivity index (χ0v) is 18.4. The molecule has 7 heteroatoms. The molecule has 0 saturated heterocycles. The van der Waals surface area contributed by atoms with Crippen molar-refractivity contribution in [1.29, 1.82) is 0 Å². The minimum absolute atomic E-state index is 0.234. The molecule has 0 aliphatic rings. The van der Waals surface area contributed by atoms with Gasteiger partial charge in [-0.2, -0.15) is 0 Å². The summed E-state index contributed by atoms with van der Waals surface area (Å²) in [5.41, 5.74) is 2.09. The molecular weight excluding hydrogens is 392 g/mol. The van der Waals surface area contributed by atoms with Crippen LogP contribution in [0.5, 0.6) is 0 Å². The minimum Gasteiger partial charge on any atom is -0.461 e. The average molecular weight is 419 g/mol. The monoisotopic (exact) mass is 418 g/mol. The van der Waals surface area contributed by atoms with Crippen LogP contribution in [0.25, 0.3) is 0 Å². The first-order chi connectivity index (χ1) is 13.6. The van der Waals surface area contributed by atoms with Crippen LogP contribution in [0.15, 0.2) is 24.3 Å². The standard InChI is InChI=1S/C22H27ClN2O4/c1-7-29-22(28)19-13(4)18(14(5)24-19)20(26)15(6)25(12(2)3)21(27)16-10-8-9-11-17(16)23/h8-12,15,24H,7H2,1-6H3/t15-/m0/s1. The summed E-state index contributed by atoms with van der Waals surface area (Å²) in [5, 5.41) is 0.335. The zero-order chi connectivity index (χ0) is 21.9. The van der Waals surface area contributed by atoms with E-state index in [1.165, 1.54) is 4.90 Å². The van der Waals surface area contributed by atoms with Crippen molar-refractivity contribution in [3.05, 3.63) is 57.4 Å². The normalized spacial score (nSPS) is 12.0. The number of aromatic amines is 1. The molecule has 0 spiro atoms. The Labute approximate surface area is 176 Å². The number of rotatable bonds is 7. The second-order valence-corrected chi connectivity index (χ2v) is 7.58. The Morgan fingerprint density at radius 2 is 1.76 bits per heavy atom. The van der Waals surface area contributed by atoms with Gasteiger partial charge in [0.1, 0.15) is 5.69 Å². The number of carbonyl (C=O) groups excluding carboxylic acids is 3. The molecule has 156 valence electrons. The maximum absolute atomic E-state index is 13.3. The number of nitrogens with zero attached hydrogens (tertiary/aromatic N) is 1. The highest BCUT2D eigenvalue weighted by molar-refractivity contribution is 6.33. The largest absolute Gasteiger partial charge is 0.461 e. The predicted molar refractivity (Wildman–Crippen MR) is 113 cm³/mol. The van der Waals surface area contributed by atoms with Gasteiger partial charge < -0.3 is 14.6 Å². The summed E-state index contributed by atoms with van der Waals surface area (Å²) in [6.07, 6.45) is 0. The summed E-state index contributed by atoms with van der Waals surface area (Å²) in [5.74, 6) is -1.07. The lowest BCUT2D eigenvalue weighted by Gasteiger charge is -2.32. The first-order valence-electron chi connectivity index (χ1n) is 9.59. The second-order valence-electron chi connectivity index (χ2n) is 7.17. The third kappa shape index (κ3) is 4.53. The molecule has 0 fully saturated rings. The number of H-pyrrole nitrogens is 1. The van der Waals surface area contributed by atoms with Crippen LogP contribution < -0.4 is 0 Å². The molecule has 0 bridgehead atoms. The molecule has 1 aromatic heterocycles. The summed E-state index contributed by atoms with van der Waals surface area (Å²) in [6.45, 7) is 10.8. The predicted octanol–water partition coefficient (Wildman–Crippen LogP) is 4.58. The van der Waals surface area contributed by atoms with Crippen LogP contribution >= 0.6 is 11.6 Å². The molecule has 1 aromatic carbocycles. The van der Waals surface area contributed by atoms with Crippen molar-refractivity contribution in [2.75, 3.05) is 6.61 Å². The molecule has 2 aromatic rings. The fraction of sp³-hybridized carbons (Fsp3) is 0.409. The second kappa shape index (κ2) is 9.27. The molecule has 0 aliphatic heterocycles. The SMILES string of the molecule is CCOC(=O)c1[nH]c(C)c(C(=O)[C@H](C)N(C(=O)c2ccccc2Cl)C(C)C)c1C. The van der Waals surface area contributed by atoms with E-state index in [1.54, 1.807) is 52.0 Å². The summed E-state index contributed by atoms with van der Waals surface area (Å²) in [4.78, 5) is 43.1. The topological polar surface area (TPSA) is 79.5 Å². The molecule has 0 radical (unpaired) electrons. The van der Waals surface area contributed by atoms with Gasteiger partial charge in [-0.1, -0.05) is 23.7 Å². The fourth-order valence-electron chi connectivity index (χ4n) is 3.49. The lowest BCUT2D eigenvalue weighted by atomic mass is 9.98. The summed E-state index contributed by atoms with van der Waals surface area (Å²) < 4.78 is 5.05. The van der Waals surface area contributed by atoms with Crippen molar-refractivity contribution in [2.45, 2.75) is 53.6 Å². The van der Waals surface area contributed by atoms with E-state index in [9.17, 15) is 14.4 Å². The van der Waals surface area contributed by atoms with Gasteiger partial charge in [0.2, 0.25) is 0 Å². The van der Waals surface area contributed by atoms with Gasteiger partial charge in [-0.15, -0.1) is 0 Å². The van der Waals surface area contributed by atoms with Gasteiger partial charge in [0.05, 0.1) is 23.2 Å². The Morgan fingerprint density at radius 1 is 1.14 bits per heavy atom. The Morgan fingerprint density at radius 3 is 2.31 bits per heavy atom. The molecule has 1 heterocycles. The molecule has 29 heavy (non-hydrogen) atoms. The lowest BCUT2D eigenvalue weighted by molar-refractivity contribution is 0.0518. The van der Waals surface area contributed by atoms with Gasteiger partial charge in [-0.3, -0.25) is 9.59 Å². The van der Waals surface area contributed by atoms with Crippen molar-refractivity contribution < 1.29 is 19.1 Å². The van der Waals surface area contributed by atoms with Crippen molar-refractivity contribution in [1.82, 2.24) is 9.88 Å². The third-order valence-corrected chi connectivity index (χ3v) is 5.18. The summed E-state index contributed by atoms with van der Waals surface area (Å²) in [6, 6.07) is 5.78. The minimum atomic E-state index is -0.748. The van der Waals surface area contributed by atoms with Gasteiger partial charge in [-0.25, -0.2) is 4.79 Å². The molecule has 1 atom stereocenters. The van der Waals surface area contributed by atoms with Crippen LogP contribution in [0.2, 0.25) is 5.02 Å². The molecule has 2 rings (SSSR count). The van der Waals surface area contributed by atoms with Gasteiger partial charge in [-0.05, 0) is 59.2 Å². The molecule has 1 amide bonds. The number of hydrogen-bond acceptors (Lipinski definition) is 4. The van der Waals surface area contributed by atoms with E-state index in [-0.39, 0.29) is 30.0 Å². The summed E-state index contributed by atoms with van der Waals surface area (Å²) in [7, 11) is 0. The highest BCUT2D eigenvalue weighted by atomic mass is 35.5. The van der Waals surface area contributed by atoms with E-state index >= 15 is 0 Å². The van der Waals surface area contributed by atoms with E-state index in [1.807, 2.05) is 13.8 Å². The maximum Gasteiger partial charge on any atom is 0.355 e. The maximum atomic E-state index is 13.3. The molecule has 0 unspecified atom stereocenters. The molecule has 0 saturated carbocycles. The first kappa shape index (κ1) is 22.7. The van der Waals surface area contributed by atoms with Crippen molar-refractivity contribution in [2.24, 2.45) is 0 Å². The van der Waals surface area contributed by atoms with Crippen molar-refractivity contribution in [3.63, 3.8) is 0 Å². The van der Waals surface area contributed by atoms with Crippen LogP contribution in [-0.4, -0.2) is 46.2 Å². The van der Waals surface area contributed by atoms with Crippen molar-refractivity contribution in [3.8, 4) is 0 Å². The number of ether oxygens (including phenoxy) is 1. The summed E-state index contributed by atoms with van der Waals surface area (Å²) >= 11 is 6.20. The van der Waals surface area contributed by atoms with Crippen LogP contribution in [0.1, 0.15) is 70.2 Å². The van der Waals surface area contributed by atoms with E-state index < -0.39 is 12.0 Å². The van der Waals surface area contributed by atoms with E-state index in [2.05, 4.69) is 4.98 Å².